The summed E-state index contributed by atoms with van der Waals surface area (Å²) in [4.78, 5) is 49.3. The van der Waals surface area contributed by atoms with E-state index in [1.807, 2.05) is 12.2 Å². The fourth-order valence-corrected chi connectivity index (χ4v) is 3.18. The summed E-state index contributed by atoms with van der Waals surface area (Å²) in [5.74, 6) is -1.97. The first-order chi connectivity index (χ1) is 12.6. The van der Waals surface area contributed by atoms with E-state index < -0.39 is 23.1 Å². The van der Waals surface area contributed by atoms with E-state index in [0.29, 0.717) is 48.0 Å². The Balaban J connectivity index is 1.70. The molecule has 0 atom stereocenters. The van der Waals surface area contributed by atoms with Gasteiger partial charge in [-0.15, -0.1) is 0 Å². The van der Waals surface area contributed by atoms with Crippen LogP contribution in [0.25, 0.3) is 0 Å². The second kappa shape index (κ2) is 8.00. The van der Waals surface area contributed by atoms with Crippen LogP contribution >= 0.6 is 0 Å². The van der Waals surface area contributed by atoms with Crippen LogP contribution in [0.2, 0.25) is 0 Å². The second-order valence-corrected chi connectivity index (χ2v) is 6.52. The topological polar surface area (TPSA) is 68.3 Å². The first kappa shape index (κ1) is 17.9. The predicted octanol–water partition coefficient (Wildman–Crippen LogP) is 3.46. The van der Waals surface area contributed by atoms with Crippen molar-refractivity contribution in [2.24, 2.45) is 0 Å². The predicted molar refractivity (Wildman–Crippen MR) is 98.3 cm³/mol. The van der Waals surface area contributed by atoms with Crippen LogP contribution in [-0.4, -0.2) is 23.1 Å². The molecule has 3 aliphatic rings. The lowest BCUT2D eigenvalue weighted by molar-refractivity contribution is -0.132. The van der Waals surface area contributed by atoms with Crippen molar-refractivity contribution >= 4 is 23.1 Å². The molecule has 0 aromatic carbocycles. The fourth-order valence-electron chi connectivity index (χ4n) is 3.18. The maximum atomic E-state index is 12.4. The van der Waals surface area contributed by atoms with Crippen molar-refractivity contribution in [3.63, 3.8) is 0 Å². The van der Waals surface area contributed by atoms with Crippen LogP contribution in [0.5, 0.6) is 0 Å². The molecule has 26 heavy (non-hydrogen) atoms. The lowest BCUT2D eigenvalue weighted by Gasteiger charge is -2.14. The molecule has 3 aliphatic carbocycles. The second-order valence-electron chi connectivity index (χ2n) is 6.52. The maximum absolute atomic E-state index is 12.4. The summed E-state index contributed by atoms with van der Waals surface area (Å²) >= 11 is 0. The smallest absolute Gasteiger partial charge is 0.229 e. The van der Waals surface area contributed by atoms with Gasteiger partial charge in [0.2, 0.25) is 23.1 Å². The minimum absolute atomic E-state index is 0.303. The van der Waals surface area contributed by atoms with Crippen LogP contribution < -0.4 is 0 Å². The average molecular weight is 348 g/mol. The standard InChI is InChI=1S/C22H20O4/c23-19(15-7-3-1-4-8-15)21(25)17-11-13-18(14-12-17)22(26)20(24)16-9-5-2-6-10-16/h1-3,5,7,9,11,13H,4,6,8,10,12,14H2. The number of rotatable bonds is 6. The summed E-state index contributed by atoms with van der Waals surface area (Å²) in [5, 5.41) is 0. The minimum atomic E-state index is -0.513. The van der Waals surface area contributed by atoms with Gasteiger partial charge in [0.15, 0.2) is 0 Å². The number of ketones is 4. The monoisotopic (exact) mass is 348 g/mol. The summed E-state index contributed by atoms with van der Waals surface area (Å²) in [7, 11) is 0. The van der Waals surface area contributed by atoms with Crippen LogP contribution in [-0.2, 0) is 19.2 Å². The van der Waals surface area contributed by atoms with Crippen molar-refractivity contribution < 1.29 is 19.2 Å². The van der Waals surface area contributed by atoms with Gasteiger partial charge < -0.3 is 0 Å². The molecule has 0 aromatic heterocycles. The Labute approximate surface area is 152 Å². The lowest BCUT2D eigenvalue weighted by Crippen LogP contribution is -2.23. The Kier molecular flexibility index (Phi) is 5.52. The molecule has 0 bridgehead atoms. The van der Waals surface area contributed by atoms with Crippen molar-refractivity contribution in [3.05, 3.63) is 70.9 Å². The molecule has 0 aliphatic heterocycles. The zero-order valence-corrected chi connectivity index (χ0v) is 14.5. The van der Waals surface area contributed by atoms with Crippen molar-refractivity contribution in [1.82, 2.24) is 0 Å². The molecule has 0 radical (unpaired) electrons. The summed E-state index contributed by atoms with van der Waals surface area (Å²) < 4.78 is 0. The number of allylic oxidation sites excluding steroid dienone is 12. The van der Waals surface area contributed by atoms with E-state index in [1.165, 1.54) is 12.2 Å². The van der Waals surface area contributed by atoms with Gasteiger partial charge in [-0.05, 0) is 38.5 Å². The molecule has 0 saturated heterocycles. The molecular weight excluding hydrogens is 328 g/mol. The maximum Gasteiger partial charge on any atom is 0.229 e. The Morgan fingerprint density at radius 2 is 0.846 bits per heavy atom. The van der Waals surface area contributed by atoms with Crippen LogP contribution in [0.1, 0.15) is 38.5 Å². The van der Waals surface area contributed by atoms with Crippen molar-refractivity contribution in [2.75, 3.05) is 0 Å². The molecule has 0 N–H and O–H groups in total. The molecule has 132 valence electrons. The third kappa shape index (κ3) is 3.85. The average Bonchev–Trinajstić information content (AvgIpc) is 2.73. The van der Waals surface area contributed by atoms with Crippen molar-refractivity contribution in [2.45, 2.75) is 38.5 Å². The normalized spacial score (nSPS) is 19.1. The highest BCUT2D eigenvalue weighted by Gasteiger charge is 2.27. The molecule has 0 fully saturated rings. The number of carbonyl (C=O) groups is 4. The van der Waals surface area contributed by atoms with Gasteiger partial charge in [0.25, 0.3) is 0 Å². The number of hydrogen-bond donors (Lipinski definition) is 0. The first-order valence-corrected chi connectivity index (χ1v) is 8.87. The van der Waals surface area contributed by atoms with E-state index in [0.717, 1.165) is 12.8 Å². The van der Waals surface area contributed by atoms with E-state index >= 15 is 0 Å². The van der Waals surface area contributed by atoms with Gasteiger partial charge in [-0.25, -0.2) is 0 Å². The van der Waals surface area contributed by atoms with Gasteiger partial charge >= 0.3 is 0 Å². The van der Waals surface area contributed by atoms with E-state index in [2.05, 4.69) is 0 Å². The third-order valence-corrected chi connectivity index (χ3v) is 4.76. The molecule has 0 aromatic rings. The van der Waals surface area contributed by atoms with Gasteiger partial charge in [0.05, 0.1) is 0 Å². The number of hydrogen-bond acceptors (Lipinski definition) is 4. The summed E-state index contributed by atoms with van der Waals surface area (Å²) in [6.45, 7) is 0. The van der Waals surface area contributed by atoms with Gasteiger partial charge in [0.1, 0.15) is 0 Å². The highest BCUT2D eigenvalue weighted by Crippen LogP contribution is 2.24. The van der Waals surface area contributed by atoms with Crippen LogP contribution in [0.15, 0.2) is 70.9 Å². The molecule has 0 unspecified atom stereocenters. The van der Waals surface area contributed by atoms with Gasteiger partial charge in [-0.1, -0.05) is 48.6 Å². The van der Waals surface area contributed by atoms with Gasteiger partial charge in [-0.2, -0.15) is 0 Å². The zero-order valence-electron chi connectivity index (χ0n) is 14.5. The van der Waals surface area contributed by atoms with E-state index in [9.17, 15) is 19.2 Å². The SMILES string of the molecule is O=C(C(=O)C1=CC=C(C(=O)C(=O)C2=CC=CCC2)CC1)C1=CC=CCC1. The van der Waals surface area contributed by atoms with E-state index in [-0.39, 0.29) is 0 Å². The Hall–Kier alpha value is -2.88. The quantitative estimate of drug-likeness (QED) is 0.689. The van der Waals surface area contributed by atoms with E-state index in [1.54, 1.807) is 24.3 Å². The molecule has 4 nitrogen and oxygen atoms in total. The van der Waals surface area contributed by atoms with Gasteiger partial charge in [0, 0.05) is 22.3 Å². The van der Waals surface area contributed by atoms with Crippen LogP contribution in [0.4, 0.5) is 0 Å². The summed E-state index contributed by atoms with van der Waals surface area (Å²) in [5.41, 5.74) is 1.84. The van der Waals surface area contributed by atoms with E-state index in [4.69, 9.17) is 0 Å². The van der Waals surface area contributed by atoms with Crippen molar-refractivity contribution in [1.29, 1.82) is 0 Å². The number of carbonyl (C=O) groups excluding carboxylic acids is 4. The minimum Gasteiger partial charge on any atom is -0.285 e. The zero-order chi connectivity index (χ0) is 18.5. The summed E-state index contributed by atoms with van der Waals surface area (Å²) in [6.07, 6.45) is 17.2. The third-order valence-electron chi connectivity index (χ3n) is 4.76. The molecule has 4 heteroatoms. The Morgan fingerprint density at radius 1 is 0.500 bits per heavy atom. The molecule has 3 rings (SSSR count). The van der Waals surface area contributed by atoms with Crippen LogP contribution in [0, 0.1) is 0 Å². The first-order valence-electron chi connectivity index (χ1n) is 8.87. The number of Topliss-reactive ketones (excluding diaryl/α,β-unsaturated/α-hetero) is 4. The van der Waals surface area contributed by atoms with Crippen molar-refractivity contribution in [3.8, 4) is 0 Å². The largest absolute Gasteiger partial charge is 0.285 e. The molecule has 0 amide bonds. The fraction of sp³-hybridized carbons (Fsp3) is 0.273. The van der Waals surface area contributed by atoms with Gasteiger partial charge in [-0.3, -0.25) is 19.2 Å². The molecule has 0 spiro atoms. The molecule has 0 saturated carbocycles. The summed E-state index contributed by atoms with van der Waals surface area (Å²) in [6, 6.07) is 0. The van der Waals surface area contributed by atoms with Crippen LogP contribution in [0.3, 0.4) is 0 Å². The lowest BCUT2D eigenvalue weighted by atomic mass is 9.87. The molecule has 0 heterocycles. The Bertz CT molecular complexity index is 785. The highest BCUT2D eigenvalue weighted by molar-refractivity contribution is 6.50. The highest BCUT2D eigenvalue weighted by atomic mass is 16.2. The molecular formula is C22H20O4. The Morgan fingerprint density at radius 3 is 1.12 bits per heavy atom.